The van der Waals surface area contributed by atoms with Crippen LogP contribution in [0, 0.1) is 5.82 Å². The van der Waals surface area contributed by atoms with E-state index in [1.807, 2.05) is 13.0 Å². The summed E-state index contributed by atoms with van der Waals surface area (Å²) in [5.41, 5.74) is 0.770. The van der Waals surface area contributed by atoms with Crippen molar-refractivity contribution in [2.75, 3.05) is 26.0 Å². The quantitative estimate of drug-likeness (QED) is 0.576. The van der Waals surface area contributed by atoms with E-state index in [0.717, 1.165) is 29.2 Å². The van der Waals surface area contributed by atoms with Gasteiger partial charge in [-0.25, -0.2) is 4.39 Å². The number of halogens is 1. The standard InChI is InChI=1S/C14H22FNOS/c1-4-8-16-11(2)14-12(15)6-5-7-13(14)18-10-9-17-3/h5-7,11,16H,4,8-10H2,1-3H3. The zero-order valence-electron chi connectivity index (χ0n) is 11.3. The van der Waals surface area contributed by atoms with Crippen molar-refractivity contribution in [3.8, 4) is 0 Å². The van der Waals surface area contributed by atoms with Gasteiger partial charge in [0, 0.05) is 29.4 Å². The Bertz CT molecular complexity index is 360. The van der Waals surface area contributed by atoms with Crippen molar-refractivity contribution in [3.63, 3.8) is 0 Å². The molecule has 4 heteroatoms. The van der Waals surface area contributed by atoms with Gasteiger partial charge in [0.25, 0.3) is 0 Å². The Morgan fingerprint density at radius 1 is 1.44 bits per heavy atom. The lowest BCUT2D eigenvalue weighted by molar-refractivity contribution is 0.218. The average Bonchev–Trinajstić information content (AvgIpc) is 2.36. The van der Waals surface area contributed by atoms with Crippen LogP contribution in [0.1, 0.15) is 31.9 Å². The highest BCUT2D eigenvalue weighted by Gasteiger charge is 2.15. The average molecular weight is 271 g/mol. The third kappa shape index (κ3) is 4.59. The molecule has 1 aromatic rings. The van der Waals surface area contributed by atoms with E-state index >= 15 is 0 Å². The summed E-state index contributed by atoms with van der Waals surface area (Å²) in [5, 5.41) is 3.34. The summed E-state index contributed by atoms with van der Waals surface area (Å²) in [7, 11) is 1.68. The molecule has 1 aromatic carbocycles. The van der Waals surface area contributed by atoms with Crippen LogP contribution in [0.15, 0.2) is 23.1 Å². The Labute approximate surface area is 113 Å². The van der Waals surface area contributed by atoms with Crippen LogP contribution in [0.2, 0.25) is 0 Å². The molecule has 1 N–H and O–H groups in total. The fourth-order valence-electron chi connectivity index (χ4n) is 1.76. The second kappa shape index (κ2) is 8.51. The minimum atomic E-state index is -0.131. The molecule has 0 aliphatic heterocycles. The number of nitrogens with one attached hydrogen (secondary N) is 1. The van der Waals surface area contributed by atoms with Gasteiger partial charge in [-0.2, -0.15) is 0 Å². The maximum absolute atomic E-state index is 14.0. The van der Waals surface area contributed by atoms with Gasteiger partial charge in [-0.3, -0.25) is 0 Å². The van der Waals surface area contributed by atoms with Crippen molar-refractivity contribution in [3.05, 3.63) is 29.6 Å². The van der Waals surface area contributed by atoms with E-state index in [0.29, 0.717) is 6.61 Å². The Hall–Kier alpha value is -0.580. The van der Waals surface area contributed by atoms with E-state index in [1.165, 1.54) is 6.07 Å². The van der Waals surface area contributed by atoms with Crippen LogP contribution in [0.4, 0.5) is 4.39 Å². The van der Waals surface area contributed by atoms with E-state index in [4.69, 9.17) is 4.74 Å². The Morgan fingerprint density at radius 3 is 2.89 bits per heavy atom. The van der Waals surface area contributed by atoms with Gasteiger partial charge in [0.05, 0.1) is 6.61 Å². The van der Waals surface area contributed by atoms with Crippen LogP contribution in [0.3, 0.4) is 0 Å². The molecule has 0 fully saturated rings. The van der Waals surface area contributed by atoms with Crippen molar-refractivity contribution in [1.82, 2.24) is 5.32 Å². The molecule has 2 nitrogen and oxygen atoms in total. The minimum Gasteiger partial charge on any atom is -0.384 e. The highest BCUT2D eigenvalue weighted by Crippen LogP contribution is 2.29. The largest absolute Gasteiger partial charge is 0.384 e. The molecule has 0 radical (unpaired) electrons. The van der Waals surface area contributed by atoms with Crippen molar-refractivity contribution in [2.24, 2.45) is 0 Å². The number of methoxy groups -OCH3 is 1. The van der Waals surface area contributed by atoms with Crippen molar-refractivity contribution in [1.29, 1.82) is 0 Å². The van der Waals surface area contributed by atoms with Gasteiger partial charge in [0.1, 0.15) is 5.82 Å². The molecule has 1 atom stereocenters. The molecule has 1 rings (SSSR count). The lowest BCUT2D eigenvalue weighted by Crippen LogP contribution is -2.21. The second-order valence-corrected chi connectivity index (χ2v) is 5.31. The predicted octanol–water partition coefficient (Wildman–Crippen LogP) is 3.62. The number of ether oxygens (including phenoxy) is 1. The zero-order valence-corrected chi connectivity index (χ0v) is 12.1. The Morgan fingerprint density at radius 2 is 2.22 bits per heavy atom. The maximum atomic E-state index is 14.0. The van der Waals surface area contributed by atoms with Crippen LogP contribution in [0.25, 0.3) is 0 Å². The highest BCUT2D eigenvalue weighted by molar-refractivity contribution is 7.99. The first-order chi connectivity index (χ1) is 8.70. The van der Waals surface area contributed by atoms with Crippen molar-refractivity contribution < 1.29 is 9.13 Å². The smallest absolute Gasteiger partial charge is 0.129 e. The van der Waals surface area contributed by atoms with Gasteiger partial charge in [0.15, 0.2) is 0 Å². The van der Waals surface area contributed by atoms with Gasteiger partial charge in [-0.1, -0.05) is 13.0 Å². The third-order valence-electron chi connectivity index (χ3n) is 2.69. The summed E-state index contributed by atoms with van der Waals surface area (Å²) in [6, 6.07) is 5.31. The molecule has 0 saturated heterocycles. The molecular formula is C14H22FNOS. The summed E-state index contributed by atoms with van der Waals surface area (Å²) in [4.78, 5) is 1.00. The van der Waals surface area contributed by atoms with E-state index in [1.54, 1.807) is 24.9 Å². The van der Waals surface area contributed by atoms with Gasteiger partial charge in [0.2, 0.25) is 0 Å². The minimum absolute atomic E-state index is 0.0381. The van der Waals surface area contributed by atoms with Crippen LogP contribution >= 0.6 is 11.8 Å². The Balaban J connectivity index is 2.79. The van der Waals surface area contributed by atoms with E-state index in [-0.39, 0.29) is 11.9 Å². The zero-order chi connectivity index (χ0) is 13.4. The molecule has 18 heavy (non-hydrogen) atoms. The third-order valence-corrected chi connectivity index (χ3v) is 3.73. The summed E-state index contributed by atoms with van der Waals surface area (Å²) in [5.74, 6) is 0.710. The molecule has 0 saturated carbocycles. The molecule has 1 unspecified atom stereocenters. The number of benzene rings is 1. The summed E-state index contributed by atoms with van der Waals surface area (Å²) in [6.45, 7) is 5.69. The van der Waals surface area contributed by atoms with E-state index in [9.17, 15) is 4.39 Å². The van der Waals surface area contributed by atoms with Crippen molar-refractivity contribution >= 4 is 11.8 Å². The second-order valence-electron chi connectivity index (χ2n) is 4.17. The first kappa shape index (κ1) is 15.5. The Kier molecular flexibility index (Phi) is 7.32. The van der Waals surface area contributed by atoms with Crippen molar-refractivity contribution in [2.45, 2.75) is 31.2 Å². The lowest BCUT2D eigenvalue weighted by atomic mass is 10.1. The van der Waals surface area contributed by atoms with Crippen LogP contribution in [-0.4, -0.2) is 26.0 Å². The number of hydrogen-bond donors (Lipinski definition) is 1. The van der Waals surface area contributed by atoms with E-state index < -0.39 is 0 Å². The fraction of sp³-hybridized carbons (Fsp3) is 0.571. The van der Waals surface area contributed by atoms with Crippen LogP contribution in [0.5, 0.6) is 0 Å². The van der Waals surface area contributed by atoms with Gasteiger partial charge >= 0.3 is 0 Å². The highest BCUT2D eigenvalue weighted by atomic mass is 32.2. The van der Waals surface area contributed by atoms with Crippen LogP contribution in [-0.2, 0) is 4.74 Å². The number of thioether (sulfide) groups is 1. The molecule has 0 bridgehead atoms. The molecule has 0 spiro atoms. The SMILES string of the molecule is CCCNC(C)c1c(F)cccc1SCCOC. The maximum Gasteiger partial charge on any atom is 0.129 e. The van der Waals surface area contributed by atoms with Gasteiger partial charge in [-0.05, 0) is 32.0 Å². The summed E-state index contributed by atoms with van der Waals surface area (Å²) < 4.78 is 19.0. The first-order valence-corrected chi connectivity index (χ1v) is 7.32. The molecule has 0 aromatic heterocycles. The number of rotatable bonds is 8. The normalized spacial score (nSPS) is 12.7. The lowest BCUT2D eigenvalue weighted by Gasteiger charge is -2.18. The summed E-state index contributed by atoms with van der Waals surface area (Å²) in [6.07, 6.45) is 1.05. The molecule has 0 aliphatic rings. The monoisotopic (exact) mass is 271 g/mol. The fourth-order valence-corrected chi connectivity index (χ4v) is 2.84. The molecule has 0 amide bonds. The number of hydrogen-bond acceptors (Lipinski definition) is 3. The van der Waals surface area contributed by atoms with Gasteiger partial charge < -0.3 is 10.1 Å². The topological polar surface area (TPSA) is 21.3 Å². The van der Waals surface area contributed by atoms with E-state index in [2.05, 4.69) is 12.2 Å². The molecule has 0 heterocycles. The molecular weight excluding hydrogens is 249 g/mol. The molecule has 102 valence electrons. The first-order valence-electron chi connectivity index (χ1n) is 6.34. The summed E-state index contributed by atoms with van der Waals surface area (Å²) >= 11 is 1.64. The van der Waals surface area contributed by atoms with Gasteiger partial charge in [-0.15, -0.1) is 11.8 Å². The van der Waals surface area contributed by atoms with Crippen LogP contribution < -0.4 is 5.32 Å². The predicted molar refractivity (Wildman–Crippen MR) is 75.7 cm³/mol. The molecule has 0 aliphatic carbocycles.